The van der Waals surface area contributed by atoms with Gasteiger partial charge in [0.15, 0.2) is 0 Å². The predicted molar refractivity (Wildman–Crippen MR) is 80.3 cm³/mol. The smallest absolute Gasteiger partial charge is 0.123 e. The van der Waals surface area contributed by atoms with E-state index in [0.29, 0.717) is 0 Å². The van der Waals surface area contributed by atoms with Crippen LogP contribution in [0.2, 0.25) is 0 Å². The Kier molecular flexibility index (Phi) is 5.03. The third-order valence-corrected chi connectivity index (χ3v) is 3.83. The molecule has 0 saturated heterocycles. The zero-order chi connectivity index (χ0) is 13.7. The van der Waals surface area contributed by atoms with Crippen molar-refractivity contribution in [2.45, 2.75) is 33.2 Å². The highest BCUT2D eigenvalue weighted by atomic mass is 16.5. The highest BCUT2D eigenvalue weighted by Crippen LogP contribution is 2.27. The Balaban J connectivity index is 1.82. The lowest BCUT2D eigenvalue weighted by atomic mass is 9.84. The third kappa shape index (κ3) is 4.10. The van der Waals surface area contributed by atoms with Gasteiger partial charge in [-0.2, -0.15) is 0 Å². The van der Waals surface area contributed by atoms with Gasteiger partial charge in [0.2, 0.25) is 0 Å². The average molecular weight is 259 g/mol. The van der Waals surface area contributed by atoms with Crippen molar-refractivity contribution in [2.75, 3.05) is 13.7 Å². The number of methoxy groups -OCH3 is 1. The molecule has 1 aliphatic rings. The maximum absolute atomic E-state index is 5.37. The van der Waals surface area contributed by atoms with Crippen molar-refractivity contribution < 1.29 is 4.74 Å². The highest BCUT2D eigenvalue weighted by Gasteiger charge is 2.17. The van der Waals surface area contributed by atoms with Gasteiger partial charge in [0.1, 0.15) is 5.75 Å². The molecule has 0 saturated carbocycles. The molecule has 2 rings (SSSR count). The second-order valence-corrected chi connectivity index (χ2v) is 5.74. The summed E-state index contributed by atoms with van der Waals surface area (Å²) in [7, 11) is 1.73. The van der Waals surface area contributed by atoms with E-state index in [0.717, 1.165) is 30.7 Å². The molecule has 2 atom stereocenters. The Bertz CT molecular complexity index is 439. The average Bonchev–Trinajstić information content (AvgIpc) is 2.38. The number of ether oxygens (including phenoxy) is 1. The van der Waals surface area contributed by atoms with E-state index in [9.17, 15) is 0 Å². The van der Waals surface area contributed by atoms with Gasteiger partial charge >= 0.3 is 0 Å². The van der Waals surface area contributed by atoms with E-state index in [1.807, 2.05) is 12.1 Å². The van der Waals surface area contributed by atoms with Gasteiger partial charge in [0, 0.05) is 12.1 Å². The molecular weight excluding hydrogens is 234 g/mol. The van der Waals surface area contributed by atoms with Crippen LogP contribution in [-0.4, -0.2) is 13.7 Å². The number of hydrogen-bond donors (Lipinski definition) is 1. The van der Waals surface area contributed by atoms with Crippen molar-refractivity contribution in [3.05, 3.63) is 41.5 Å². The van der Waals surface area contributed by atoms with Crippen LogP contribution in [0.15, 0.2) is 35.9 Å². The molecular formula is C17H25NO. The first-order valence-electron chi connectivity index (χ1n) is 7.19. The largest absolute Gasteiger partial charge is 0.496 e. The van der Waals surface area contributed by atoms with E-state index < -0.39 is 0 Å². The molecule has 0 aromatic heterocycles. The summed E-state index contributed by atoms with van der Waals surface area (Å²) < 4.78 is 5.37. The number of benzene rings is 1. The van der Waals surface area contributed by atoms with Crippen LogP contribution in [0.5, 0.6) is 5.75 Å². The van der Waals surface area contributed by atoms with Crippen molar-refractivity contribution in [1.82, 2.24) is 5.32 Å². The second kappa shape index (κ2) is 6.76. The fraction of sp³-hybridized carbons (Fsp3) is 0.529. The monoisotopic (exact) mass is 259 g/mol. The second-order valence-electron chi connectivity index (χ2n) is 5.74. The van der Waals surface area contributed by atoms with Gasteiger partial charge in [-0.15, -0.1) is 0 Å². The Hall–Kier alpha value is -1.28. The van der Waals surface area contributed by atoms with E-state index >= 15 is 0 Å². The first-order chi connectivity index (χ1) is 9.19. The van der Waals surface area contributed by atoms with Crippen molar-refractivity contribution in [2.24, 2.45) is 11.8 Å². The standard InChI is InChI=1S/C17H25NO/c1-13-8-14(2)10-15(9-13)11-18-12-16-6-4-5-7-17(16)19-3/h4-8,13,15,18H,9-12H2,1-3H3. The van der Waals surface area contributed by atoms with Crippen LogP contribution in [-0.2, 0) is 6.54 Å². The van der Waals surface area contributed by atoms with Crippen LogP contribution >= 0.6 is 0 Å². The molecule has 2 unspecified atom stereocenters. The molecule has 1 aliphatic carbocycles. The summed E-state index contributed by atoms with van der Waals surface area (Å²) >= 11 is 0. The molecule has 0 aliphatic heterocycles. The number of allylic oxidation sites excluding steroid dienone is 2. The molecule has 0 bridgehead atoms. The molecule has 0 spiro atoms. The Morgan fingerprint density at radius 2 is 2.11 bits per heavy atom. The van der Waals surface area contributed by atoms with E-state index in [4.69, 9.17) is 4.74 Å². The van der Waals surface area contributed by atoms with Crippen LogP contribution < -0.4 is 10.1 Å². The Labute approximate surface area is 116 Å². The van der Waals surface area contributed by atoms with E-state index in [1.54, 1.807) is 12.7 Å². The van der Waals surface area contributed by atoms with Gasteiger partial charge in [0.25, 0.3) is 0 Å². The zero-order valence-corrected chi connectivity index (χ0v) is 12.3. The third-order valence-electron chi connectivity index (χ3n) is 3.83. The fourth-order valence-corrected chi connectivity index (χ4v) is 3.10. The van der Waals surface area contributed by atoms with Gasteiger partial charge in [-0.3, -0.25) is 0 Å². The summed E-state index contributed by atoms with van der Waals surface area (Å²) in [6, 6.07) is 8.22. The maximum Gasteiger partial charge on any atom is 0.123 e. The van der Waals surface area contributed by atoms with Crippen LogP contribution in [0.1, 0.15) is 32.3 Å². The summed E-state index contributed by atoms with van der Waals surface area (Å²) in [5.41, 5.74) is 2.78. The number of hydrogen-bond acceptors (Lipinski definition) is 2. The van der Waals surface area contributed by atoms with E-state index in [1.165, 1.54) is 18.4 Å². The first kappa shape index (κ1) is 14.1. The lowest BCUT2D eigenvalue weighted by Crippen LogP contribution is -2.26. The Morgan fingerprint density at radius 1 is 1.32 bits per heavy atom. The molecule has 2 nitrogen and oxygen atoms in total. The molecule has 0 radical (unpaired) electrons. The van der Waals surface area contributed by atoms with Gasteiger partial charge in [-0.05, 0) is 44.2 Å². The minimum atomic E-state index is 0.729. The molecule has 19 heavy (non-hydrogen) atoms. The SMILES string of the molecule is COc1ccccc1CNCC1CC(C)=CC(C)C1. The van der Waals surface area contributed by atoms with Crippen LogP contribution in [0, 0.1) is 11.8 Å². The number of para-hydroxylation sites is 1. The summed E-state index contributed by atoms with van der Waals surface area (Å²) in [5, 5.41) is 3.58. The first-order valence-corrected chi connectivity index (χ1v) is 7.19. The van der Waals surface area contributed by atoms with Crippen molar-refractivity contribution in [1.29, 1.82) is 0 Å². The number of rotatable bonds is 5. The molecule has 2 heteroatoms. The highest BCUT2D eigenvalue weighted by molar-refractivity contribution is 5.32. The van der Waals surface area contributed by atoms with Crippen LogP contribution in [0.3, 0.4) is 0 Å². The lowest BCUT2D eigenvalue weighted by molar-refractivity contribution is 0.376. The van der Waals surface area contributed by atoms with Crippen molar-refractivity contribution in [3.63, 3.8) is 0 Å². The summed E-state index contributed by atoms with van der Waals surface area (Å²) in [5.74, 6) is 2.48. The van der Waals surface area contributed by atoms with Crippen molar-refractivity contribution in [3.8, 4) is 5.75 Å². The minimum absolute atomic E-state index is 0.729. The molecule has 1 N–H and O–H groups in total. The van der Waals surface area contributed by atoms with Gasteiger partial charge in [0.05, 0.1) is 7.11 Å². The van der Waals surface area contributed by atoms with Crippen LogP contribution in [0.4, 0.5) is 0 Å². The number of nitrogens with one attached hydrogen (secondary N) is 1. The molecule has 1 aromatic carbocycles. The molecule has 0 amide bonds. The normalized spacial score (nSPS) is 23.0. The van der Waals surface area contributed by atoms with Crippen LogP contribution in [0.25, 0.3) is 0 Å². The fourth-order valence-electron chi connectivity index (χ4n) is 3.10. The van der Waals surface area contributed by atoms with E-state index in [2.05, 4.69) is 37.4 Å². The van der Waals surface area contributed by atoms with E-state index in [-0.39, 0.29) is 0 Å². The maximum atomic E-state index is 5.37. The van der Waals surface area contributed by atoms with Gasteiger partial charge in [-0.25, -0.2) is 0 Å². The lowest BCUT2D eigenvalue weighted by Gasteiger charge is -2.25. The predicted octanol–water partition coefficient (Wildman–Crippen LogP) is 3.78. The zero-order valence-electron chi connectivity index (χ0n) is 12.3. The molecule has 0 heterocycles. The molecule has 104 valence electrons. The topological polar surface area (TPSA) is 21.3 Å². The summed E-state index contributed by atoms with van der Waals surface area (Å²) in [6.45, 7) is 6.55. The van der Waals surface area contributed by atoms with Crippen molar-refractivity contribution >= 4 is 0 Å². The minimum Gasteiger partial charge on any atom is -0.496 e. The Morgan fingerprint density at radius 3 is 2.84 bits per heavy atom. The summed E-state index contributed by atoms with van der Waals surface area (Å²) in [4.78, 5) is 0. The molecule has 0 fully saturated rings. The molecule has 1 aromatic rings. The van der Waals surface area contributed by atoms with Gasteiger partial charge < -0.3 is 10.1 Å². The summed E-state index contributed by atoms with van der Waals surface area (Å²) in [6.07, 6.45) is 4.95. The quantitative estimate of drug-likeness (QED) is 0.813. The van der Waals surface area contributed by atoms with Gasteiger partial charge in [-0.1, -0.05) is 36.8 Å².